The van der Waals surface area contributed by atoms with Crippen molar-refractivity contribution < 1.29 is 4.74 Å². The molecule has 0 aromatic carbocycles. The molecule has 0 radical (unpaired) electrons. The second kappa shape index (κ2) is 3.36. The highest BCUT2D eigenvalue weighted by Gasteiger charge is 2.05. The van der Waals surface area contributed by atoms with Gasteiger partial charge in [0.05, 0.1) is 19.2 Å². The number of H-pyrrole nitrogens is 1. The Hall–Kier alpha value is -1.36. The van der Waals surface area contributed by atoms with E-state index in [0.717, 1.165) is 0 Å². The lowest BCUT2D eigenvalue weighted by Gasteiger charge is -2.03. The quantitative estimate of drug-likeness (QED) is 0.628. The first-order valence-corrected chi connectivity index (χ1v) is 3.53. The van der Waals surface area contributed by atoms with Gasteiger partial charge >= 0.3 is 0 Å². The Morgan fingerprint density at radius 2 is 2.33 bits per heavy atom. The summed E-state index contributed by atoms with van der Waals surface area (Å²) in [4.78, 5) is 17.6. The number of aromatic amines is 1. The molecule has 1 rings (SSSR count). The molecule has 12 heavy (non-hydrogen) atoms. The Balaban J connectivity index is 3.29. The summed E-state index contributed by atoms with van der Waals surface area (Å²) in [5.74, 6) is 0.765. The number of ether oxygens (including phenoxy) is 1. The molecule has 0 aliphatic carbocycles. The van der Waals surface area contributed by atoms with E-state index < -0.39 is 0 Å². The summed E-state index contributed by atoms with van der Waals surface area (Å²) >= 11 is 0. The van der Waals surface area contributed by atoms with Crippen LogP contribution in [0.25, 0.3) is 0 Å². The van der Waals surface area contributed by atoms with E-state index in [-0.39, 0.29) is 12.1 Å². The molecular weight excluding hydrogens is 158 g/mol. The van der Waals surface area contributed by atoms with Crippen molar-refractivity contribution in [3.8, 4) is 5.88 Å². The van der Waals surface area contributed by atoms with Crippen molar-refractivity contribution in [2.24, 2.45) is 5.73 Å². The van der Waals surface area contributed by atoms with Crippen molar-refractivity contribution >= 4 is 0 Å². The second-order valence-corrected chi connectivity index (χ2v) is 2.35. The summed E-state index contributed by atoms with van der Waals surface area (Å²) in [6, 6.07) is 0. The van der Waals surface area contributed by atoms with Gasteiger partial charge < -0.3 is 15.5 Å². The Morgan fingerprint density at radius 1 is 1.67 bits per heavy atom. The van der Waals surface area contributed by atoms with E-state index in [9.17, 15) is 4.79 Å². The number of nitrogens with two attached hydrogens (primary N) is 1. The van der Waals surface area contributed by atoms with Gasteiger partial charge in [-0.3, -0.25) is 4.79 Å². The maximum atomic E-state index is 11.1. The summed E-state index contributed by atoms with van der Waals surface area (Å²) in [6.07, 6.45) is 0. The number of aromatic nitrogens is 2. The van der Waals surface area contributed by atoms with Crippen LogP contribution in [0.2, 0.25) is 0 Å². The highest BCUT2D eigenvalue weighted by molar-refractivity contribution is 5.21. The first-order chi connectivity index (χ1) is 5.69. The zero-order valence-corrected chi connectivity index (χ0v) is 7.05. The average molecular weight is 169 g/mol. The number of hydrogen-bond donors (Lipinski definition) is 2. The fourth-order valence-electron chi connectivity index (χ4n) is 0.852. The third-order valence-corrected chi connectivity index (χ3v) is 1.54. The van der Waals surface area contributed by atoms with Gasteiger partial charge in [0.25, 0.3) is 5.56 Å². The predicted molar refractivity (Wildman–Crippen MR) is 44.0 cm³/mol. The number of nitrogens with one attached hydrogen (secondary N) is 1. The Kier molecular flexibility index (Phi) is 2.44. The summed E-state index contributed by atoms with van der Waals surface area (Å²) in [5, 5.41) is 0. The molecule has 0 unspecified atom stereocenters. The summed E-state index contributed by atoms with van der Waals surface area (Å²) < 4.78 is 4.88. The predicted octanol–water partition coefficient (Wildman–Crippen LogP) is -0.454. The van der Waals surface area contributed by atoms with Gasteiger partial charge in [-0.25, -0.2) is 0 Å². The zero-order chi connectivity index (χ0) is 9.14. The van der Waals surface area contributed by atoms with Gasteiger partial charge in [0.15, 0.2) is 0 Å². The lowest BCUT2D eigenvalue weighted by Crippen LogP contribution is -2.17. The molecule has 0 aliphatic rings. The van der Waals surface area contributed by atoms with Gasteiger partial charge in [0.1, 0.15) is 5.82 Å². The SMILES string of the molecule is COc1nc(CN)[nH]c(=O)c1C. The molecule has 5 nitrogen and oxygen atoms in total. The van der Waals surface area contributed by atoms with E-state index in [1.165, 1.54) is 7.11 Å². The van der Waals surface area contributed by atoms with E-state index in [4.69, 9.17) is 10.5 Å². The molecule has 0 saturated heterocycles. The van der Waals surface area contributed by atoms with Gasteiger partial charge in [0.2, 0.25) is 5.88 Å². The van der Waals surface area contributed by atoms with Crippen LogP contribution in [0, 0.1) is 6.92 Å². The molecule has 0 spiro atoms. The molecule has 0 aliphatic heterocycles. The van der Waals surface area contributed by atoms with Crippen LogP contribution in [0.4, 0.5) is 0 Å². The third kappa shape index (κ3) is 1.45. The van der Waals surface area contributed by atoms with Gasteiger partial charge in [-0.1, -0.05) is 0 Å². The highest BCUT2D eigenvalue weighted by atomic mass is 16.5. The van der Waals surface area contributed by atoms with Crippen molar-refractivity contribution in [3.63, 3.8) is 0 Å². The van der Waals surface area contributed by atoms with E-state index in [2.05, 4.69) is 9.97 Å². The highest BCUT2D eigenvalue weighted by Crippen LogP contribution is 2.07. The van der Waals surface area contributed by atoms with Crippen molar-refractivity contribution in [1.82, 2.24) is 9.97 Å². The number of hydrogen-bond acceptors (Lipinski definition) is 4. The molecule has 1 aromatic rings. The van der Waals surface area contributed by atoms with Crippen LogP contribution < -0.4 is 16.0 Å². The largest absolute Gasteiger partial charge is 0.481 e. The van der Waals surface area contributed by atoms with Crippen LogP contribution in [-0.4, -0.2) is 17.1 Å². The Bertz CT molecular complexity index is 332. The van der Waals surface area contributed by atoms with Crippen LogP contribution >= 0.6 is 0 Å². The van der Waals surface area contributed by atoms with Crippen LogP contribution in [0.15, 0.2) is 4.79 Å². The molecule has 0 amide bonds. The van der Waals surface area contributed by atoms with Gasteiger partial charge in [-0.2, -0.15) is 4.98 Å². The fraction of sp³-hybridized carbons (Fsp3) is 0.429. The smallest absolute Gasteiger partial charge is 0.257 e. The number of rotatable bonds is 2. The molecule has 0 saturated carbocycles. The van der Waals surface area contributed by atoms with E-state index in [0.29, 0.717) is 17.3 Å². The van der Waals surface area contributed by atoms with Crippen LogP contribution in [-0.2, 0) is 6.54 Å². The normalized spacial score (nSPS) is 9.92. The molecule has 3 N–H and O–H groups in total. The van der Waals surface area contributed by atoms with Gasteiger partial charge in [-0.05, 0) is 6.92 Å². The van der Waals surface area contributed by atoms with Crippen LogP contribution in [0.1, 0.15) is 11.4 Å². The summed E-state index contributed by atoms with van der Waals surface area (Å²) in [6.45, 7) is 1.84. The van der Waals surface area contributed by atoms with Gasteiger partial charge in [-0.15, -0.1) is 0 Å². The topological polar surface area (TPSA) is 81.0 Å². The van der Waals surface area contributed by atoms with Gasteiger partial charge in [0, 0.05) is 0 Å². The third-order valence-electron chi connectivity index (χ3n) is 1.54. The number of nitrogens with zero attached hydrogens (tertiary/aromatic N) is 1. The molecule has 0 atom stereocenters. The monoisotopic (exact) mass is 169 g/mol. The minimum atomic E-state index is -0.206. The molecule has 66 valence electrons. The maximum absolute atomic E-state index is 11.1. The lowest BCUT2D eigenvalue weighted by molar-refractivity contribution is 0.390. The Morgan fingerprint density at radius 3 is 2.83 bits per heavy atom. The second-order valence-electron chi connectivity index (χ2n) is 2.35. The number of methoxy groups -OCH3 is 1. The van der Waals surface area contributed by atoms with Crippen molar-refractivity contribution in [1.29, 1.82) is 0 Å². The standard InChI is InChI=1S/C7H11N3O2/c1-4-6(11)9-5(3-8)10-7(4)12-2/h3,8H2,1-2H3,(H,9,10,11). The minimum absolute atomic E-state index is 0.200. The van der Waals surface area contributed by atoms with E-state index >= 15 is 0 Å². The summed E-state index contributed by atoms with van der Waals surface area (Å²) in [5.41, 5.74) is 5.57. The van der Waals surface area contributed by atoms with Crippen molar-refractivity contribution in [3.05, 3.63) is 21.7 Å². The first kappa shape index (κ1) is 8.73. The summed E-state index contributed by atoms with van der Waals surface area (Å²) in [7, 11) is 1.47. The molecule has 1 aromatic heterocycles. The molecule has 5 heteroatoms. The average Bonchev–Trinajstić information content (AvgIpc) is 2.09. The molecule has 1 heterocycles. The van der Waals surface area contributed by atoms with Crippen LogP contribution in [0.5, 0.6) is 5.88 Å². The van der Waals surface area contributed by atoms with E-state index in [1.54, 1.807) is 6.92 Å². The first-order valence-electron chi connectivity index (χ1n) is 3.53. The zero-order valence-electron chi connectivity index (χ0n) is 7.05. The fourth-order valence-corrected chi connectivity index (χ4v) is 0.852. The molecular formula is C7H11N3O2. The molecule has 0 bridgehead atoms. The lowest BCUT2D eigenvalue weighted by atomic mass is 10.3. The van der Waals surface area contributed by atoms with E-state index in [1.807, 2.05) is 0 Å². The van der Waals surface area contributed by atoms with Crippen molar-refractivity contribution in [2.75, 3.05) is 7.11 Å². The Labute approximate surface area is 69.6 Å². The van der Waals surface area contributed by atoms with Crippen molar-refractivity contribution in [2.45, 2.75) is 13.5 Å². The molecule has 0 fully saturated rings. The van der Waals surface area contributed by atoms with Crippen LogP contribution in [0.3, 0.4) is 0 Å². The maximum Gasteiger partial charge on any atom is 0.257 e. The minimum Gasteiger partial charge on any atom is -0.481 e.